The summed E-state index contributed by atoms with van der Waals surface area (Å²) in [6.45, 7) is 8.42. The molecule has 0 saturated carbocycles. The molecule has 0 bridgehead atoms. The van der Waals surface area contributed by atoms with Crippen molar-refractivity contribution in [2.45, 2.75) is 44.9 Å². The Bertz CT molecular complexity index is 488. The Hall–Kier alpha value is 0.320. The lowest BCUT2D eigenvalue weighted by molar-refractivity contribution is 0.357. The van der Waals surface area contributed by atoms with Crippen molar-refractivity contribution in [1.82, 2.24) is 9.97 Å². The Morgan fingerprint density at radius 3 is 2.62 bits per heavy atom. The maximum Gasteiger partial charge on any atom is 0.313 e. The highest BCUT2D eigenvalue weighted by Crippen LogP contribution is 2.70. The molecular formula is C13H23N2O2PS3. The van der Waals surface area contributed by atoms with Gasteiger partial charge in [0.2, 0.25) is 0 Å². The molecule has 0 aliphatic rings. The Morgan fingerprint density at radius 2 is 2.00 bits per heavy atom. The predicted molar refractivity (Wildman–Crippen MR) is 96.4 cm³/mol. The van der Waals surface area contributed by atoms with Crippen LogP contribution in [-0.4, -0.2) is 28.1 Å². The molecule has 0 fully saturated rings. The summed E-state index contributed by atoms with van der Waals surface area (Å²) in [6.07, 6.45) is 0.992. The third-order valence-electron chi connectivity index (χ3n) is 2.27. The van der Waals surface area contributed by atoms with Crippen molar-refractivity contribution >= 4 is 40.3 Å². The average molecular weight is 367 g/mol. The molecule has 21 heavy (non-hydrogen) atoms. The van der Waals surface area contributed by atoms with E-state index in [-0.39, 0.29) is 0 Å². The normalized spacial score (nSPS) is 14.1. The molecule has 1 heterocycles. The van der Waals surface area contributed by atoms with Crippen molar-refractivity contribution in [2.24, 2.45) is 0 Å². The van der Waals surface area contributed by atoms with E-state index < -0.39 is 5.77 Å². The van der Waals surface area contributed by atoms with Crippen LogP contribution in [0, 0.1) is 6.92 Å². The lowest BCUT2D eigenvalue weighted by Crippen LogP contribution is -1.96. The van der Waals surface area contributed by atoms with E-state index >= 15 is 0 Å². The molecule has 0 spiro atoms. The van der Waals surface area contributed by atoms with Crippen molar-refractivity contribution < 1.29 is 9.09 Å². The Balaban J connectivity index is 2.72. The van der Waals surface area contributed by atoms with Crippen LogP contribution in [0.1, 0.15) is 38.7 Å². The van der Waals surface area contributed by atoms with Gasteiger partial charge >= 0.3 is 5.77 Å². The van der Waals surface area contributed by atoms with Gasteiger partial charge < -0.3 is 4.52 Å². The van der Waals surface area contributed by atoms with Gasteiger partial charge in [-0.05, 0) is 32.1 Å². The van der Waals surface area contributed by atoms with E-state index in [1.54, 1.807) is 11.8 Å². The zero-order valence-corrected chi connectivity index (χ0v) is 16.3. The lowest BCUT2D eigenvalue weighted by Gasteiger charge is -2.15. The molecule has 120 valence electrons. The molecule has 0 N–H and O–H groups in total. The summed E-state index contributed by atoms with van der Waals surface area (Å²) in [5.41, 5.74) is 0.917. The second kappa shape index (κ2) is 10.2. The zero-order valence-electron chi connectivity index (χ0n) is 13.0. The zero-order chi connectivity index (χ0) is 15.7. The van der Waals surface area contributed by atoms with E-state index in [0.717, 1.165) is 34.5 Å². The molecule has 1 unspecified atom stereocenters. The fourth-order valence-electron chi connectivity index (χ4n) is 1.51. The van der Waals surface area contributed by atoms with Crippen molar-refractivity contribution in [3.63, 3.8) is 0 Å². The van der Waals surface area contributed by atoms with Crippen molar-refractivity contribution in [3.8, 4) is 0 Å². The van der Waals surface area contributed by atoms with Crippen LogP contribution < -0.4 is 0 Å². The SMILES string of the molecule is CCCSP(=O)(OCC)SCc1cc(SCC)nc(C)n1. The van der Waals surface area contributed by atoms with E-state index in [4.69, 9.17) is 4.52 Å². The van der Waals surface area contributed by atoms with Gasteiger partial charge in [0.1, 0.15) is 5.82 Å². The molecule has 1 aromatic heterocycles. The first-order valence-electron chi connectivity index (χ1n) is 7.04. The number of aromatic nitrogens is 2. The molecule has 0 aliphatic carbocycles. The Kier molecular flexibility index (Phi) is 9.37. The van der Waals surface area contributed by atoms with Crippen LogP contribution in [0.5, 0.6) is 0 Å². The highest BCUT2D eigenvalue weighted by atomic mass is 33.1. The summed E-state index contributed by atoms with van der Waals surface area (Å²) in [5.74, 6) is 0.502. The van der Waals surface area contributed by atoms with Gasteiger partial charge in [-0.2, -0.15) is 0 Å². The third kappa shape index (κ3) is 7.42. The lowest BCUT2D eigenvalue weighted by atomic mass is 10.4. The van der Waals surface area contributed by atoms with E-state index in [1.807, 2.05) is 19.9 Å². The van der Waals surface area contributed by atoms with E-state index in [2.05, 4.69) is 23.8 Å². The summed E-state index contributed by atoms with van der Waals surface area (Å²) < 4.78 is 18.2. The first kappa shape index (κ1) is 19.4. The minimum atomic E-state index is -2.68. The molecule has 4 nitrogen and oxygen atoms in total. The quantitative estimate of drug-likeness (QED) is 0.311. The van der Waals surface area contributed by atoms with Crippen LogP contribution >= 0.6 is 40.3 Å². The summed E-state index contributed by atoms with van der Waals surface area (Å²) >= 11 is 4.50. The van der Waals surface area contributed by atoms with Crippen LogP contribution in [0.15, 0.2) is 11.1 Å². The molecule has 0 saturated heterocycles. The molecule has 0 aliphatic heterocycles. The summed E-state index contributed by atoms with van der Waals surface area (Å²) in [6, 6.07) is 1.98. The predicted octanol–water partition coefficient (Wildman–Crippen LogP) is 5.42. The monoisotopic (exact) mass is 366 g/mol. The fourth-order valence-corrected chi connectivity index (χ4v) is 8.82. The molecule has 0 amide bonds. The molecule has 1 rings (SSSR count). The van der Waals surface area contributed by atoms with Crippen LogP contribution in [-0.2, 0) is 14.8 Å². The van der Waals surface area contributed by atoms with E-state index in [0.29, 0.717) is 12.4 Å². The molecule has 0 radical (unpaired) electrons. The Labute approximate surface area is 140 Å². The summed E-state index contributed by atoms with van der Waals surface area (Å²) in [5, 5.41) is 0.980. The van der Waals surface area contributed by atoms with Crippen LogP contribution in [0.4, 0.5) is 0 Å². The highest BCUT2D eigenvalue weighted by Gasteiger charge is 2.24. The Morgan fingerprint density at radius 1 is 1.24 bits per heavy atom. The van der Waals surface area contributed by atoms with Gasteiger partial charge in [-0.3, -0.25) is 4.57 Å². The van der Waals surface area contributed by atoms with E-state index in [1.165, 1.54) is 22.8 Å². The van der Waals surface area contributed by atoms with Crippen LogP contribution in [0.25, 0.3) is 0 Å². The van der Waals surface area contributed by atoms with Crippen LogP contribution in [0.3, 0.4) is 0 Å². The number of hydrogen-bond donors (Lipinski definition) is 0. The number of rotatable bonds is 10. The minimum Gasteiger partial charge on any atom is -0.314 e. The summed E-state index contributed by atoms with van der Waals surface area (Å²) in [4.78, 5) is 8.82. The van der Waals surface area contributed by atoms with Gasteiger partial charge in [0.25, 0.3) is 0 Å². The first-order valence-corrected chi connectivity index (χ1v) is 12.8. The van der Waals surface area contributed by atoms with Gasteiger partial charge in [-0.25, -0.2) is 9.97 Å². The summed E-state index contributed by atoms with van der Waals surface area (Å²) in [7, 11) is 0. The first-order chi connectivity index (χ1) is 10.0. The van der Waals surface area contributed by atoms with Crippen molar-refractivity contribution in [2.75, 3.05) is 18.1 Å². The van der Waals surface area contributed by atoms with Gasteiger partial charge in [0.05, 0.1) is 17.3 Å². The number of hydrogen-bond acceptors (Lipinski definition) is 7. The number of thioether (sulfide) groups is 1. The van der Waals surface area contributed by atoms with Gasteiger partial charge in [0.15, 0.2) is 0 Å². The molecular weight excluding hydrogens is 343 g/mol. The number of nitrogens with zero attached hydrogens (tertiary/aromatic N) is 2. The smallest absolute Gasteiger partial charge is 0.313 e. The van der Waals surface area contributed by atoms with Crippen molar-refractivity contribution in [3.05, 3.63) is 17.6 Å². The second-order valence-corrected chi connectivity index (χ2v) is 12.9. The van der Waals surface area contributed by atoms with Gasteiger partial charge in [-0.1, -0.05) is 36.6 Å². The molecule has 8 heteroatoms. The second-order valence-electron chi connectivity index (χ2n) is 4.15. The van der Waals surface area contributed by atoms with E-state index in [9.17, 15) is 4.57 Å². The number of aryl methyl sites for hydroxylation is 1. The molecule has 1 aromatic rings. The third-order valence-corrected chi connectivity index (χ3v) is 10.6. The van der Waals surface area contributed by atoms with Crippen LogP contribution in [0.2, 0.25) is 0 Å². The maximum atomic E-state index is 12.7. The fraction of sp³-hybridized carbons (Fsp3) is 0.692. The highest BCUT2D eigenvalue weighted by molar-refractivity contribution is 8.89. The van der Waals surface area contributed by atoms with Crippen molar-refractivity contribution in [1.29, 1.82) is 0 Å². The average Bonchev–Trinajstić information content (AvgIpc) is 2.43. The van der Waals surface area contributed by atoms with Gasteiger partial charge in [0, 0.05) is 11.5 Å². The largest absolute Gasteiger partial charge is 0.314 e. The maximum absolute atomic E-state index is 12.7. The molecule has 1 atom stereocenters. The molecule has 0 aromatic carbocycles. The topological polar surface area (TPSA) is 52.1 Å². The van der Waals surface area contributed by atoms with Gasteiger partial charge in [-0.15, -0.1) is 11.8 Å². The minimum absolute atomic E-state index is 0.473. The standard InChI is InChI=1S/C13H23N2O2PS3/c1-5-8-20-18(16,17-6-2)21-10-12-9-13(19-7-3)15-11(4)14-12/h9H,5-8,10H2,1-4H3.